The second-order valence-electron chi connectivity index (χ2n) is 9.68. The number of carbonyl (C=O) groups excluding carboxylic acids is 1. The van der Waals surface area contributed by atoms with Crippen LogP contribution in [-0.2, 0) is 20.8 Å². The molecule has 0 aromatic heterocycles. The number of carbonyl (C=O) groups is 1. The predicted octanol–water partition coefficient (Wildman–Crippen LogP) is 3.80. The average molecular weight is 457 g/mol. The molecule has 0 bridgehead atoms. The maximum absolute atomic E-state index is 13.5. The zero-order chi connectivity index (χ0) is 23.0. The summed E-state index contributed by atoms with van der Waals surface area (Å²) >= 11 is 0. The molecule has 1 N–H and O–H groups in total. The van der Waals surface area contributed by atoms with Crippen LogP contribution in [0.4, 0.5) is 0 Å². The van der Waals surface area contributed by atoms with E-state index in [0.29, 0.717) is 31.4 Å². The van der Waals surface area contributed by atoms with Crippen LogP contribution >= 0.6 is 0 Å². The van der Waals surface area contributed by atoms with Gasteiger partial charge in [0, 0.05) is 51.9 Å². The van der Waals surface area contributed by atoms with Crippen LogP contribution in [0.1, 0.15) is 51.0 Å². The Bertz CT molecular complexity index is 770. The van der Waals surface area contributed by atoms with E-state index in [1.807, 2.05) is 17.9 Å². The highest BCUT2D eigenvalue weighted by Crippen LogP contribution is 2.43. The Morgan fingerprint density at radius 1 is 1.12 bits per heavy atom. The summed E-state index contributed by atoms with van der Waals surface area (Å²) in [4.78, 5) is 17.8. The van der Waals surface area contributed by atoms with Gasteiger partial charge in [0.15, 0.2) is 5.76 Å². The van der Waals surface area contributed by atoms with E-state index in [9.17, 15) is 9.90 Å². The molecule has 1 aromatic carbocycles. The minimum absolute atomic E-state index is 0.00247. The number of rotatable bonds is 9. The molecular weight excluding hydrogens is 416 g/mol. The van der Waals surface area contributed by atoms with Crippen molar-refractivity contribution in [3.8, 4) is 0 Å². The third-order valence-electron chi connectivity index (χ3n) is 7.52. The van der Waals surface area contributed by atoms with E-state index >= 15 is 0 Å². The van der Waals surface area contributed by atoms with Crippen molar-refractivity contribution in [3.05, 3.63) is 47.7 Å². The SMILES string of the molecule is CCO[C@@H]1OC(C(=O)N2CCN(Cc3ccccc3)CC2)=C[C@H](C2CCCC2)[C@H]1CCCO. The van der Waals surface area contributed by atoms with Crippen LogP contribution in [-0.4, -0.2) is 66.5 Å². The molecule has 1 aromatic rings. The first-order valence-electron chi connectivity index (χ1n) is 12.9. The van der Waals surface area contributed by atoms with E-state index in [1.165, 1.54) is 31.2 Å². The summed E-state index contributed by atoms with van der Waals surface area (Å²) < 4.78 is 12.2. The molecule has 3 atom stereocenters. The Kier molecular flexibility index (Phi) is 8.82. The van der Waals surface area contributed by atoms with Crippen molar-refractivity contribution in [3.63, 3.8) is 0 Å². The van der Waals surface area contributed by atoms with Crippen molar-refractivity contribution in [1.82, 2.24) is 9.80 Å². The van der Waals surface area contributed by atoms with Gasteiger partial charge in [-0.25, -0.2) is 0 Å². The van der Waals surface area contributed by atoms with Crippen LogP contribution in [0.5, 0.6) is 0 Å². The largest absolute Gasteiger partial charge is 0.459 e. The summed E-state index contributed by atoms with van der Waals surface area (Å²) in [6.07, 6.45) is 8.23. The van der Waals surface area contributed by atoms with Gasteiger partial charge >= 0.3 is 0 Å². The zero-order valence-electron chi connectivity index (χ0n) is 20.0. The van der Waals surface area contributed by atoms with Crippen molar-refractivity contribution >= 4 is 5.91 Å². The molecule has 4 rings (SSSR count). The van der Waals surface area contributed by atoms with E-state index in [2.05, 4.69) is 35.2 Å². The lowest BCUT2D eigenvalue weighted by molar-refractivity contribution is -0.179. The number of piperazine rings is 1. The molecule has 0 spiro atoms. The summed E-state index contributed by atoms with van der Waals surface area (Å²) in [5.41, 5.74) is 1.31. The Balaban J connectivity index is 1.43. The first-order valence-corrected chi connectivity index (χ1v) is 12.9. The Morgan fingerprint density at radius 2 is 1.85 bits per heavy atom. The van der Waals surface area contributed by atoms with Gasteiger partial charge < -0.3 is 19.5 Å². The Labute approximate surface area is 198 Å². The summed E-state index contributed by atoms with van der Waals surface area (Å²) in [6.45, 7) is 6.80. The molecule has 2 heterocycles. The molecule has 2 fully saturated rings. The van der Waals surface area contributed by atoms with E-state index in [0.717, 1.165) is 32.5 Å². The minimum Gasteiger partial charge on any atom is -0.459 e. The molecule has 182 valence electrons. The molecule has 33 heavy (non-hydrogen) atoms. The molecule has 1 saturated heterocycles. The minimum atomic E-state index is -0.407. The number of hydrogen-bond acceptors (Lipinski definition) is 5. The van der Waals surface area contributed by atoms with E-state index in [4.69, 9.17) is 9.47 Å². The van der Waals surface area contributed by atoms with Crippen molar-refractivity contribution in [2.24, 2.45) is 17.8 Å². The van der Waals surface area contributed by atoms with Gasteiger partial charge in [-0.2, -0.15) is 0 Å². The molecule has 6 heteroatoms. The lowest BCUT2D eigenvalue weighted by Crippen LogP contribution is -2.50. The predicted molar refractivity (Wildman–Crippen MR) is 128 cm³/mol. The maximum atomic E-state index is 13.5. The molecular formula is C27H40N2O4. The average Bonchev–Trinajstić information content (AvgIpc) is 3.39. The highest BCUT2D eigenvalue weighted by Gasteiger charge is 2.42. The van der Waals surface area contributed by atoms with Gasteiger partial charge in [-0.15, -0.1) is 0 Å². The topological polar surface area (TPSA) is 62.2 Å². The molecule has 1 aliphatic carbocycles. The van der Waals surface area contributed by atoms with Crippen molar-refractivity contribution < 1.29 is 19.4 Å². The van der Waals surface area contributed by atoms with Gasteiger partial charge in [-0.3, -0.25) is 9.69 Å². The normalized spacial score (nSPS) is 26.8. The molecule has 6 nitrogen and oxygen atoms in total. The van der Waals surface area contributed by atoms with Crippen LogP contribution < -0.4 is 0 Å². The smallest absolute Gasteiger partial charge is 0.288 e. The first-order chi connectivity index (χ1) is 16.2. The van der Waals surface area contributed by atoms with Crippen LogP contribution in [0.15, 0.2) is 42.2 Å². The quantitative estimate of drug-likeness (QED) is 0.612. The monoisotopic (exact) mass is 456 g/mol. The molecule has 1 saturated carbocycles. The molecule has 2 aliphatic heterocycles. The number of allylic oxidation sites excluding steroid dienone is 1. The summed E-state index contributed by atoms with van der Waals surface area (Å²) in [7, 11) is 0. The van der Waals surface area contributed by atoms with E-state index in [1.54, 1.807) is 0 Å². The highest BCUT2D eigenvalue weighted by molar-refractivity contribution is 5.91. The Morgan fingerprint density at radius 3 is 2.52 bits per heavy atom. The third-order valence-corrected chi connectivity index (χ3v) is 7.52. The second kappa shape index (κ2) is 12.0. The molecule has 0 radical (unpaired) electrons. The molecule has 3 aliphatic rings. The fourth-order valence-corrected chi connectivity index (χ4v) is 5.77. The molecule has 1 amide bonds. The number of aliphatic hydroxyl groups is 1. The van der Waals surface area contributed by atoms with Gasteiger partial charge in [0.1, 0.15) is 0 Å². The van der Waals surface area contributed by atoms with Gasteiger partial charge in [0.05, 0.1) is 0 Å². The summed E-state index contributed by atoms with van der Waals surface area (Å²) in [6, 6.07) is 10.5. The van der Waals surface area contributed by atoms with Crippen LogP contribution in [0.25, 0.3) is 0 Å². The van der Waals surface area contributed by atoms with E-state index < -0.39 is 6.29 Å². The number of aliphatic hydroxyl groups excluding tert-OH is 1. The van der Waals surface area contributed by atoms with Crippen LogP contribution in [0.3, 0.4) is 0 Å². The summed E-state index contributed by atoms with van der Waals surface area (Å²) in [5.74, 6) is 1.53. The van der Waals surface area contributed by atoms with Crippen molar-refractivity contribution in [1.29, 1.82) is 0 Å². The highest BCUT2D eigenvalue weighted by atomic mass is 16.7. The van der Waals surface area contributed by atoms with Crippen LogP contribution in [0, 0.1) is 17.8 Å². The standard InChI is InChI=1S/C27H40N2O4/c1-2-32-27-23(13-8-18-30)24(22-11-6-7-12-22)19-25(33-27)26(31)29-16-14-28(15-17-29)20-21-9-4-3-5-10-21/h3-5,9-10,19,22-24,27,30H,2,6-8,11-18,20H2,1H3/t23-,24-,27-/m1/s1. The van der Waals surface area contributed by atoms with Crippen LogP contribution in [0.2, 0.25) is 0 Å². The zero-order valence-corrected chi connectivity index (χ0v) is 20.0. The maximum Gasteiger partial charge on any atom is 0.288 e. The van der Waals surface area contributed by atoms with E-state index in [-0.39, 0.29) is 24.3 Å². The van der Waals surface area contributed by atoms with Crippen molar-refractivity contribution in [2.75, 3.05) is 39.4 Å². The third kappa shape index (κ3) is 6.17. The number of amides is 1. The summed E-state index contributed by atoms with van der Waals surface area (Å²) in [5, 5.41) is 9.43. The van der Waals surface area contributed by atoms with Gasteiger partial charge in [0.25, 0.3) is 5.91 Å². The van der Waals surface area contributed by atoms with Gasteiger partial charge in [-0.05, 0) is 56.1 Å². The first kappa shape index (κ1) is 24.2. The molecule has 0 unspecified atom stereocenters. The Hall–Kier alpha value is -1.89. The van der Waals surface area contributed by atoms with Gasteiger partial charge in [-0.1, -0.05) is 43.2 Å². The fourth-order valence-electron chi connectivity index (χ4n) is 5.77. The second-order valence-corrected chi connectivity index (χ2v) is 9.68. The number of benzene rings is 1. The van der Waals surface area contributed by atoms with Crippen molar-refractivity contribution in [2.45, 2.75) is 58.3 Å². The number of ether oxygens (including phenoxy) is 2. The number of hydrogen-bond donors (Lipinski definition) is 1. The fraction of sp³-hybridized carbons (Fsp3) is 0.667. The lowest BCUT2D eigenvalue weighted by Gasteiger charge is -2.41. The van der Waals surface area contributed by atoms with Gasteiger partial charge in [0.2, 0.25) is 6.29 Å². The number of nitrogens with zero attached hydrogens (tertiary/aromatic N) is 2. The lowest BCUT2D eigenvalue weighted by atomic mass is 9.76.